The van der Waals surface area contributed by atoms with Gasteiger partial charge in [0.05, 0.1) is 15.8 Å². The molecule has 3 rings (SSSR count). The molecule has 3 aromatic rings. The van der Waals surface area contributed by atoms with Crippen molar-refractivity contribution in [2.45, 2.75) is 12.6 Å². The Morgan fingerprint density at radius 3 is 2.43 bits per heavy atom. The van der Waals surface area contributed by atoms with E-state index in [1.54, 1.807) is 7.05 Å². The highest BCUT2D eigenvalue weighted by atomic mass is 32.1. The number of rotatable bonds is 7. The number of aromatic nitrogens is 2. The minimum absolute atomic E-state index is 0.499. The van der Waals surface area contributed by atoms with Gasteiger partial charge in [0.2, 0.25) is 5.95 Å². The summed E-state index contributed by atoms with van der Waals surface area (Å²) in [7, 11) is 5.80. The number of benzene rings is 1. The van der Waals surface area contributed by atoms with E-state index in [0.29, 0.717) is 5.95 Å². The van der Waals surface area contributed by atoms with Gasteiger partial charge in [-0.2, -0.15) is 18.2 Å². The van der Waals surface area contributed by atoms with E-state index < -0.39 is 11.7 Å². The van der Waals surface area contributed by atoms with Crippen molar-refractivity contribution in [2.75, 3.05) is 44.9 Å². The Morgan fingerprint density at radius 1 is 1.11 bits per heavy atom. The predicted molar refractivity (Wildman–Crippen MR) is 109 cm³/mol. The van der Waals surface area contributed by atoms with Gasteiger partial charge in [-0.3, -0.25) is 0 Å². The van der Waals surface area contributed by atoms with E-state index in [-0.39, 0.29) is 0 Å². The van der Waals surface area contributed by atoms with Crippen molar-refractivity contribution >= 4 is 33.3 Å². The van der Waals surface area contributed by atoms with Crippen LogP contribution in [0.2, 0.25) is 0 Å². The van der Waals surface area contributed by atoms with Gasteiger partial charge in [-0.15, -0.1) is 11.3 Å². The van der Waals surface area contributed by atoms with Crippen molar-refractivity contribution in [3.63, 3.8) is 0 Å². The van der Waals surface area contributed by atoms with E-state index in [9.17, 15) is 13.2 Å². The molecule has 1 aromatic carbocycles. The molecule has 0 radical (unpaired) electrons. The lowest BCUT2D eigenvalue weighted by atomic mass is 10.1. The second kappa shape index (κ2) is 8.32. The highest BCUT2D eigenvalue weighted by Gasteiger charge is 2.30. The molecule has 5 nitrogen and oxygen atoms in total. The van der Waals surface area contributed by atoms with Crippen LogP contribution in [-0.4, -0.2) is 49.1 Å². The Hall–Kier alpha value is -2.39. The third-order valence-electron chi connectivity index (χ3n) is 4.17. The standard InChI is InChI=1S/C19H22F3N5S/c1-23-18-25-14-11-15(12-5-7-13(8-6-12)19(20,21)22)28-16(14)17(26-18)24-9-4-10-27(2)3/h5-8,11H,4,9-10H2,1-3H3,(H2,23,24,25,26). The maximum Gasteiger partial charge on any atom is 0.416 e. The summed E-state index contributed by atoms with van der Waals surface area (Å²) in [5.74, 6) is 1.23. The van der Waals surface area contributed by atoms with Crippen molar-refractivity contribution in [1.29, 1.82) is 0 Å². The smallest absolute Gasteiger partial charge is 0.369 e. The summed E-state index contributed by atoms with van der Waals surface area (Å²) < 4.78 is 39.3. The average molecular weight is 409 g/mol. The van der Waals surface area contributed by atoms with Gasteiger partial charge in [0.25, 0.3) is 0 Å². The summed E-state index contributed by atoms with van der Waals surface area (Å²) >= 11 is 1.47. The number of fused-ring (bicyclic) bond motifs is 1. The number of alkyl halides is 3. The predicted octanol–water partition coefficient (Wildman–Crippen LogP) is 4.78. The minimum atomic E-state index is -4.34. The Kier molecular flexibility index (Phi) is 6.04. The van der Waals surface area contributed by atoms with Gasteiger partial charge in [-0.05, 0) is 50.8 Å². The molecule has 0 amide bonds. The fourth-order valence-electron chi connectivity index (χ4n) is 2.73. The van der Waals surface area contributed by atoms with Crippen LogP contribution in [0.15, 0.2) is 30.3 Å². The molecule has 2 aromatic heterocycles. The summed E-state index contributed by atoms with van der Waals surface area (Å²) in [6.07, 6.45) is -3.37. The van der Waals surface area contributed by atoms with Crippen LogP contribution in [0, 0.1) is 0 Å². The van der Waals surface area contributed by atoms with Gasteiger partial charge >= 0.3 is 6.18 Å². The summed E-state index contributed by atoms with van der Waals surface area (Å²) in [6.45, 7) is 1.72. The van der Waals surface area contributed by atoms with Crippen LogP contribution in [-0.2, 0) is 6.18 Å². The van der Waals surface area contributed by atoms with Crippen molar-refractivity contribution in [2.24, 2.45) is 0 Å². The summed E-state index contributed by atoms with van der Waals surface area (Å²) in [5.41, 5.74) is 0.827. The van der Waals surface area contributed by atoms with Crippen molar-refractivity contribution < 1.29 is 13.2 Å². The number of thiophene rings is 1. The summed E-state index contributed by atoms with van der Waals surface area (Å²) in [5, 5.41) is 6.31. The largest absolute Gasteiger partial charge is 0.416 e. The van der Waals surface area contributed by atoms with E-state index in [4.69, 9.17) is 0 Å². The fraction of sp³-hybridized carbons (Fsp3) is 0.368. The molecule has 150 valence electrons. The molecule has 28 heavy (non-hydrogen) atoms. The molecule has 0 atom stereocenters. The Balaban J connectivity index is 1.90. The molecule has 0 unspecified atom stereocenters. The number of halogens is 3. The van der Waals surface area contributed by atoms with Crippen LogP contribution in [0.4, 0.5) is 24.9 Å². The molecular weight excluding hydrogens is 387 g/mol. The van der Waals surface area contributed by atoms with E-state index in [1.165, 1.54) is 23.5 Å². The van der Waals surface area contributed by atoms with Crippen LogP contribution < -0.4 is 10.6 Å². The van der Waals surface area contributed by atoms with Crippen molar-refractivity contribution in [3.8, 4) is 10.4 Å². The molecule has 2 heterocycles. The van der Waals surface area contributed by atoms with Crippen LogP contribution in [0.25, 0.3) is 20.7 Å². The van der Waals surface area contributed by atoms with Gasteiger partial charge in [0, 0.05) is 18.5 Å². The van der Waals surface area contributed by atoms with Crippen LogP contribution in [0.1, 0.15) is 12.0 Å². The van der Waals surface area contributed by atoms with E-state index in [0.717, 1.165) is 58.1 Å². The zero-order valence-corrected chi connectivity index (χ0v) is 16.7. The lowest BCUT2D eigenvalue weighted by Gasteiger charge is -2.11. The Morgan fingerprint density at radius 2 is 1.82 bits per heavy atom. The molecule has 0 saturated carbocycles. The van der Waals surface area contributed by atoms with Gasteiger partial charge in [0.1, 0.15) is 5.82 Å². The monoisotopic (exact) mass is 409 g/mol. The summed E-state index contributed by atoms with van der Waals surface area (Å²) in [4.78, 5) is 11.9. The maximum atomic E-state index is 12.8. The zero-order chi connectivity index (χ0) is 20.3. The van der Waals surface area contributed by atoms with Crippen molar-refractivity contribution in [1.82, 2.24) is 14.9 Å². The number of hydrogen-bond donors (Lipinski definition) is 2. The van der Waals surface area contributed by atoms with E-state index in [2.05, 4.69) is 25.5 Å². The highest BCUT2D eigenvalue weighted by Crippen LogP contribution is 2.38. The number of hydrogen-bond acceptors (Lipinski definition) is 6. The lowest BCUT2D eigenvalue weighted by molar-refractivity contribution is -0.137. The topological polar surface area (TPSA) is 53.1 Å². The van der Waals surface area contributed by atoms with Crippen LogP contribution >= 0.6 is 11.3 Å². The molecule has 2 N–H and O–H groups in total. The first-order valence-electron chi connectivity index (χ1n) is 8.83. The third-order valence-corrected chi connectivity index (χ3v) is 5.35. The third kappa shape index (κ3) is 4.71. The second-order valence-corrected chi connectivity index (χ2v) is 7.68. The van der Waals surface area contributed by atoms with E-state index in [1.807, 2.05) is 20.2 Å². The molecule has 0 spiro atoms. The molecule has 0 fully saturated rings. The number of nitrogens with zero attached hydrogens (tertiary/aromatic N) is 3. The Bertz CT molecular complexity index is 935. The number of anilines is 2. The summed E-state index contributed by atoms with van der Waals surface area (Å²) in [6, 6.07) is 7.07. The first-order valence-corrected chi connectivity index (χ1v) is 9.65. The van der Waals surface area contributed by atoms with Gasteiger partial charge in [-0.1, -0.05) is 12.1 Å². The van der Waals surface area contributed by atoms with E-state index >= 15 is 0 Å². The molecule has 0 saturated heterocycles. The van der Waals surface area contributed by atoms with Crippen LogP contribution in [0.5, 0.6) is 0 Å². The molecule has 0 aliphatic heterocycles. The Labute approximate surface area is 165 Å². The maximum absolute atomic E-state index is 12.8. The quantitative estimate of drug-likeness (QED) is 0.550. The van der Waals surface area contributed by atoms with Crippen molar-refractivity contribution in [3.05, 3.63) is 35.9 Å². The van der Waals surface area contributed by atoms with Gasteiger partial charge < -0.3 is 15.5 Å². The lowest BCUT2D eigenvalue weighted by Crippen LogP contribution is -2.16. The SMILES string of the molecule is CNc1nc(NCCCN(C)C)c2sc(-c3ccc(C(F)(F)F)cc3)cc2n1. The molecule has 0 aliphatic carbocycles. The van der Waals surface area contributed by atoms with Gasteiger partial charge in [-0.25, -0.2) is 4.98 Å². The first-order chi connectivity index (χ1) is 13.3. The first kappa shape index (κ1) is 20.3. The fourth-order valence-corrected chi connectivity index (χ4v) is 3.80. The van der Waals surface area contributed by atoms with Gasteiger partial charge in [0.15, 0.2) is 0 Å². The molecule has 0 aliphatic rings. The number of nitrogens with one attached hydrogen (secondary N) is 2. The highest BCUT2D eigenvalue weighted by molar-refractivity contribution is 7.22. The molecule has 9 heteroatoms. The molecule has 0 bridgehead atoms. The molecular formula is C19H22F3N5S. The average Bonchev–Trinajstić information content (AvgIpc) is 3.08. The minimum Gasteiger partial charge on any atom is -0.369 e. The van der Waals surface area contributed by atoms with Crippen LogP contribution in [0.3, 0.4) is 0 Å². The zero-order valence-electron chi connectivity index (χ0n) is 15.9. The second-order valence-electron chi connectivity index (χ2n) is 6.63. The normalized spacial score (nSPS) is 12.0.